The monoisotopic (exact) mass is 387 g/mol. The van der Waals surface area contributed by atoms with Crippen LogP contribution in [0.1, 0.15) is 55.8 Å². The predicted octanol–water partition coefficient (Wildman–Crippen LogP) is 3.06. The molecule has 28 heavy (non-hydrogen) atoms. The van der Waals surface area contributed by atoms with Gasteiger partial charge in [0, 0.05) is 33.3 Å². The van der Waals surface area contributed by atoms with Gasteiger partial charge in [0.05, 0.1) is 18.2 Å². The summed E-state index contributed by atoms with van der Waals surface area (Å²) in [5, 5.41) is 3.16. The molecule has 3 rings (SSSR count). The fraction of sp³-hybridized carbons (Fsp3) is 0.636. The van der Waals surface area contributed by atoms with Crippen LogP contribution in [0.3, 0.4) is 0 Å². The van der Waals surface area contributed by atoms with E-state index in [0.717, 1.165) is 18.0 Å². The summed E-state index contributed by atoms with van der Waals surface area (Å²) in [5.41, 5.74) is 1.81. The first-order valence-corrected chi connectivity index (χ1v) is 10.3. The van der Waals surface area contributed by atoms with Gasteiger partial charge in [0.15, 0.2) is 0 Å². The highest BCUT2D eigenvalue weighted by atomic mass is 16.5. The Hall–Kier alpha value is -2.24. The van der Waals surface area contributed by atoms with Crippen molar-refractivity contribution in [1.82, 2.24) is 10.2 Å². The second-order valence-electron chi connectivity index (χ2n) is 8.54. The largest absolute Gasteiger partial charge is 0.489 e. The number of anilines is 1. The Morgan fingerprint density at radius 3 is 2.68 bits per heavy atom. The van der Waals surface area contributed by atoms with Crippen LogP contribution < -0.4 is 15.0 Å². The molecule has 0 aromatic heterocycles. The second kappa shape index (κ2) is 8.41. The van der Waals surface area contributed by atoms with Crippen LogP contribution in [0.4, 0.5) is 5.69 Å². The Bertz CT molecular complexity index is 728. The first kappa shape index (κ1) is 20.5. The van der Waals surface area contributed by atoms with Gasteiger partial charge in [0.1, 0.15) is 12.4 Å². The molecule has 2 aliphatic rings. The summed E-state index contributed by atoms with van der Waals surface area (Å²) in [6.45, 7) is 3.47. The maximum Gasteiger partial charge on any atom is 0.253 e. The molecule has 1 saturated carbocycles. The highest BCUT2D eigenvalue weighted by Gasteiger charge is 2.36. The van der Waals surface area contributed by atoms with Gasteiger partial charge < -0.3 is 19.9 Å². The molecule has 6 nitrogen and oxygen atoms in total. The van der Waals surface area contributed by atoms with Gasteiger partial charge in [-0.3, -0.25) is 9.59 Å². The third-order valence-corrected chi connectivity index (χ3v) is 6.25. The van der Waals surface area contributed by atoms with Crippen LogP contribution >= 0.6 is 0 Å². The lowest BCUT2D eigenvalue weighted by atomic mass is 9.66. The van der Waals surface area contributed by atoms with E-state index < -0.39 is 0 Å². The molecule has 6 heteroatoms. The Morgan fingerprint density at radius 2 is 2.07 bits per heavy atom. The van der Waals surface area contributed by atoms with Gasteiger partial charge in [-0.25, -0.2) is 0 Å². The minimum Gasteiger partial charge on any atom is -0.489 e. The van der Waals surface area contributed by atoms with Crippen molar-refractivity contribution in [2.24, 2.45) is 5.41 Å². The average Bonchev–Trinajstić information content (AvgIpc) is 2.65. The number of carbonyl (C=O) groups excluding carboxylic acids is 2. The van der Waals surface area contributed by atoms with Gasteiger partial charge in [0.25, 0.3) is 5.91 Å². The van der Waals surface area contributed by atoms with Crippen LogP contribution in [0, 0.1) is 5.41 Å². The maximum absolute atomic E-state index is 12.6. The number of nitrogens with zero attached hydrogens (tertiary/aromatic N) is 2. The molecule has 1 N–H and O–H groups in total. The molecule has 1 aliphatic carbocycles. The Labute approximate surface area is 168 Å². The van der Waals surface area contributed by atoms with E-state index in [2.05, 4.69) is 17.1 Å². The van der Waals surface area contributed by atoms with Crippen LogP contribution in [-0.4, -0.2) is 57.1 Å². The van der Waals surface area contributed by atoms with E-state index >= 15 is 0 Å². The van der Waals surface area contributed by atoms with E-state index in [4.69, 9.17) is 4.74 Å². The normalized spacial score (nSPS) is 19.9. The van der Waals surface area contributed by atoms with Crippen LogP contribution in [0.2, 0.25) is 0 Å². The van der Waals surface area contributed by atoms with Crippen molar-refractivity contribution in [2.45, 2.75) is 51.5 Å². The number of rotatable bonds is 7. The van der Waals surface area contributed by atoms with Crippen molar-refractivity contribution in [2.75, 3.05) is 39.2 Å². The number of hydrogen-bond donors (Lipinski definition) is 1. The molecule has 1 fully saturated rings. The van der Waals surface area contributed by atoms with Crippen molar-refractivity contribution in [3.63, 3.8) is 0 Å². The van der Waals surface area contributed by atoms with E-state index in [1.54, 1.807) is 25.1 Å². The first-order chi connectivity index (χ1) is 13.3. The third kappa shape index (κ3) is 4.26. The van der Waals surface area contributed by atoms with E-state index in [0.29, 0.717) is 24.0 Å². The van der Waals surface area contributed by atoms with Crippen LogP contribution in [0.5, 0.6) is 5.75 Å². The van der Waals surface area contributed by atoms with Gasteiger partial charge in [-0.05, 0) is 42.9 Å². The van der Waals surface area contributed by atoms with Gasteiger partial charge in [-0.1, -0.05) is 19.8 Å². The summed E-state index contributed by atoms with van der Waals surface area (Å²) in [6.07, 6.45) is 6.48. The maximum atomic E-state index is 12.6. The zero-order valence-electron chi connectivity index (χ0n) is 17.6. The summed E-state index contributed by atoms with van der Waals surface area (Å²) in [7, 11) is 5.44. The standard InChI is InChI=1S/C22H33N3O3/c1-5-9-22(10-6-11-22)15-23-20(26)13-17-14-28-19-8-7-16(21(27)24(2)3)12-18(19)25(17)4/h7-8,12,17H,5-6,9-11,13-15H2,1-4H3,(H,23,26)/t17-/m0/s1. The molecule has 1 aromatic carbocycles. The lowest BCUT2D eigenvalue weighted by Gasteiger charge is -2.42. The van der Waals surface area contributed by atoms with Crippen molar-refractivity contribution in [3.8, 4) is 5.75 Å². The second-order valence-corrected chi connectivity index (χ2v) is 8.54. The zero-order valence-corrected chi connectivity index (χ0v) is 17.6. The fourth-order valence-electron chi connectivity index (χ4n) is 4.29. The SMILES string of the molecule is CCCC1(CNC(=O)C[C@H]2COc3ccc(C(=O)N(C)C)cc3N2C)CCC1. The number of carbonyl (C=O) groups is 2. The minimum absolute atomic E-state index is 0.0410. The van der Waals surface area contributed by atoms with Gasteiger partial charge in [-0.15, -0.1) is 0 Å². The smallest absolute Gasteiger partial charge is 0.253 e. The van der Waals surface area contributed by atoms with Crippen LogP contribution in [0.25, 0.3) is 0 Å². The van der Waals surface area contributed by atoms with Crippen molar-refractivity contribution < 1.29 is 14.3 Å². The van der Waals surface area contributed by atoms with E-state index in [1.165, 1.54) is 32.1 Å². The number of benzene rings is 1. The fourth-order valence-corrected chi connectivity index (χ4v) is 4.29. The lowest BCUT2D eigenvalue weighted by molar-refractivity contribution is -0.122. The average molecular weight is 388 g/mol. The van der Waals surface area contributed by atoms with E-state index in [-0.39, 0.29) is 17.9 Å². The molecule has 0 unspecified atom stereocenters. The Balaban J connectivity index is 1.61. The van der Waals surface area contributed by atoms with Gasteiger partial charge in [0.2, 0.25) is 5.91 Å². The highest BCUT2D eigenvalue weighted by Crippen LogP contribution is 2.44. The van der Waals surface area contributed by atoms with Crippen LogP contribution in [0.15, 0.2) is 18.2 Å². The molecule has 0 saturated heterocycles. The molecule has 0 radical (unpaired) electrons. The molecule has 1 aromatic rings. The van der Waals surface area contributed by atoms with E-state index in [9.17, 15) is 9.59 Å². The Morgan fingerprint density at radius 1 is 1.32 bits per heavy atom. The molecule has 1 aliphatic heterocycles. The number of amides is 2. The topological polar surface area (TPSA) is 61.9 Å². The summed E-state index contributed by atoms with van der Waals surface area (Å²) in [6, 6.07) is 5.44. The molecular formula is C22H33N3O3. The van der Waals surface area contributed by atoms with Crippen molar-refractivity contribution in [3.05, 3.63) is 23.8 Å². The Kier molecular flexibility index (Phi) is 6.16. The molecule has 0 bridgehead atoms. The minimum atomic E-state index is -0.0437. The summed E-state index contributed by atoms with van der Waals surface area (Å²) >= 11 is 0. The number of ether oxygens (including phenoxy) is 1. The number of nitrogens with one attached hydrogen (secondary N) is 1. The van der Waals surface area contributed by atoms with E-state index in [1.807, 2.05) is 19.2 Å². The molecule has 2 amide bonds. The van der Waals surface area contributed by atoms with Crippen molar-refractivity contribution in [1.29, 1.82) is 0 Å². The van der Waals surface area contributed by atoms with Gasteiger partial charge >= 0.3 is 0 Å². The predicted molar refractivity (Wildman–Crippen MR) is 111 cm³/mol. The zero-order chi connectivity index (χ0) is 20.3. The van der Waals surface area contributed by atoms with Crippen molar-refractivity contribution >= 4 is 17.5 Å². The number of likely N-dealkylation sites (N-methyl/N-ethyl adjacent to an activating group) is 1. The quantitative estimate of drug-likeness (QED) is 0.781. The summed E-state index contributed by atoms with van der Waals surface area (Å²) in [5.74, 6) is 0.787. The highest BCUT2D eigenvalue weighted by molar-refractivity contribution is 5.95. The van der Waals surface area contributed by atoms with Gasteiger partial charge in [-0.2, -0.15) is 0 Å². The number of fused-ring (bicyclic) bond motifs is 1. The lowest BCUT2D eigenvalue weighted by Crippen LogP contribution is -2.46. The third-order valence-electron chi connectivity index (χ3n) is 6.25. The summed E-state index contributed by atoms with van der Waals surface area (Å²) < 4.78 is 5.87. The summed E-state index contributed by atoms with van der Waals surface area (Å²) in [4.78, 5) is 28.5. The molecular weight excluding hydrogens is 354 g/mol. The number of hydrogen-bond acceptors (Lipinski definition) is 4. The molecule has 154 valence electrons. The molecule has 1 atom stereocenters. The van der Waals surface area contributed by atoms with Crippen LogP contribution in [-0.2, 0) is 4.79 Å². The molecule has 1 heterocycles. The molecule has 0 spiro atoms. The first-order valence-electron chi connectivity index (χ1n) is 10.3.